The van der Waals surface area contributed by atoms with Crippen LogP contribution in [-0.2, 0) is 10.0 Å². The summed E-state index contributed by atoms with van der Waals surface area (Å²) in [4.78, 5) is 2.01. The smallest absolute Gasteiger partial charge is 0.240 e. The molecule has 2 aromatic rings. The molecule has 124 valence electrons. The van der Waals surface area contributed by atoms with E-state index in [9.17, 15) is 12.8 Å². The molecule has 0 spiro atoms. The van der Waals surface area contributed by atoms with E-state index in [0.717, 1.165) is 23.3 Å². The van der Waals surface area contributed by atoms with Crippen LogP contribution < -0.4 is 4.72 Å². The second-order valence-electron chi connectivity index (χ2n) is 5.70. The molecule has 0 aliphatic rings. The molecule has 2 rings (SSSR count). The maximum Gasteiger partial charge on any atom is 0.240 e. The van der Waals surface area contributed by atoms with E-state index in [1.54, 1.807) is 0 Å². The fourth-order valence-electron chi connectivity index (χ4n) is 2.27. The highest BCUT2D eigenvalue weighted by atomic mass is 32.2. The molecule has 1 N–H and O–H groups in total. The van der Waals surface area contributed by atoms with Crippen LogP contribution >= 0.6 is 0 Å². The molecule has 1 atom stereocenters. The molecule has 2 aromatic carbocycles. The lowest BCUT2D eigenvalue weighted by atomic mass is 10.0. The standard InChI is InChI=1S/C17H21FN2O2S/c1-13-4-6-14(7-5-13)17(20(2)3)12-19-23(21,22)16-10-8-15(18)9-11-16/h4-11,17,19H,12H2,1-3H3. The molecule has 6 heteroatoms. The van der Waals surface area contributed by atoms with Crippen molar-refractivity contribution in [2.75, 3.05) is 20.6 Å². The minimum absolute atomic E-state index is 0.0558. The topological polar surface area (TPSA) is 49.4 Å². The Morgan fingerprint density at radius 1 is 1.04 bits per heavy atom. The lowest BCUT2D eigenvalue weighted by Gasteiger charge is -2.25. The van der Waals surface area contributed by atoms with Gasteiger partial charge in [-0.3, -0.25) is 0 Å². The van der Waals surface area contributed by atoms with Crippen molar-refractivity contribution >= 4 is 10.0 Å². The third-order valence-electron chi connectivity index (χ3n) is 3.68. The summed E-state index contributed by atoms with van der Waals surface area (Å²) in [7, 11) is 0.134. The van der Waals surface area contributed by atoms with Crippen LogP contribution in [0.1, 0.15) is 17.2 Å². The van der Waals surface area contributed by atoms with Crippen molar-refractivity contribution in [1.29, 1.82) is 0 Å². The number of benzene rings is 2. The summed E-state index contributed by atoms with van der Waals surface area (Å²) >= 11 is 0. The van der Waals surface area contributed by atoms with Crippen LogP contribution in [-0.4, -0.2) is 34.0 Å². The molecule has 0 fully saturated rings. The summed E-state index contributed by atoms with van der Waals surface area (Å²) < 4.78 is 40.1. The zero-order valence-electron chi connectivity index (χ0n) is 13.5. The van der Waals surface area contributed by atoms with Crippen LogP contribution in [0.5, 0.6) is 0 Å². The minimum Gasteiger partial charge on any atom is -0.301 e. The summed E-state index contributed by atoms with van der Waals surface area (Å²) in [5, 5.41) is 0. The molecule has 0 amide bonds. The van der Waals surface area contributed by atoms with E-state index in [2.05, 4.69) is 4.72 Å². The molecular formula is C17H21FN2O2S. The third kappa shape index (κ3) is 4.60. The SMILES string of the molecule is Cc1ccc(C(CNS(=O)(=O)c2ccc(F)cc2)N(C)C)cc1. The van der Waals surface area contributed by atoms with Gasteiger partial charge >= 0.3 is 0 Å². The number of hydrogen-bond acceptors (Lipinski definition) is 3. The fraction of sp³-hybridized carbons (Fsp3) is 0.294. The van der Waals surface area contributed by atoms with Crippen molar-refractivity contribution in [3.8, 4) is 0 Å². The van der Waals surface area contributed by atoms with Gasteiger partial charge in [-0.1, -0.05) is 29.8 Å². The monoisotopic (exact) mass is 336 g/mol. The molecule has 0 saturated carbocycles. The van der Waals surface area contributed by atoms with Gasteiger partial charge in [-0.2, -0.15) is 0 Å². The Hall–Kier alpha value is -1.76. The minimum atomic E-state index is -3.67. The Morgan fingerprint density at radius 3 is 2.13 bits per heavy atom. The highest BCUT2D eigenvalue weighted by Crippen LogP contribution is 2.19. The first-order valence-electron chi connectivity index (χ1n) is 7.28. The third-order valence-corrected chi connectivity index (χ3v) is 5.12. The van der Waals surface area contributed by atoms with Crippen molar-refractivity contribution in [3.05, 3.63) is 65.5 Å². The number of sulfonamides is 1. The van der Waals surface area contributed by atoms with Crippen LogP contribution in [0.15, 0.2) is 53.4 Å². The van der Waals surface area contributed by atoms with Crippen LogP contribution in [0, 0.1) is 12.7 Å². The first-order valence-corrected chi connectivity index (χ1v) is 8.76. The maximum absolute atomic E-state index is 12.9. The summed E-state index contributed by atoms with van der Waals surface area (Å²) in [6, 6.07) is 12.7. The summed E-state index contributed by atoms with van der Waals surface area (Å²) in [5.74, 6) is -0.463. The predicted octanol–water partition coefficient (Wildman–Crippen LogP) is 2.72. The first kappa shape index (κ1) is 17.6. The first-order chi connectivity index (χ1) is 10.8. The Bertz CT molecular complexity index is 741. The molecule has 0 aliphatic carbocycles. The fourth-order valence-corrected chi connectivity index (χ4v) is 3.31. The number of nitrogens with one attached hydrogen (secondary N) is 1. The van der Waals surface area contributed by atoms with E-state index in [4.69, 9.17) is 0 Å². The highest BCUT2D eigenvalue weighted by Gasteiger charge is 2.19. The van der Waals surface area contributed by atoms with Gasteiger partial charge in [0.2, 0.25) is 10.0 Å². The lowest BCUT2D eigenvalue weighted by molar-refractivity contribution is 0.299. The van der Waals surface area contributed by atoms with Gasteiger partial charge in [-0.05, 0) is 50.8 Å². The zero-order chi connectivity index (χ0) is 17.0. The van der Waals surface area contributed by atoms with Gasteiger partial charge in [0, 0.05) is 12.6 Å². The molecule has 0 bridgehead atoms. The van der Waals surface area contributed by atoms with Crippen LogP contribution in [0.4, 0.5) is 4.39 Å². The van der Waals surface area contributed by atoms with Crippen molar-refractivity contribution < 1.29 is 12.8 Å². The Balaban J connectivity index is 2.15. The second kappa shape index (κ2) is 7.21. The van der Waals surface area contributed by atoms with Crippen molar-refractivity contribution in [3.63, 3.8) is 0 Å². The van der Waals surface area contributed by atoms with Crippen molar-refractivity contribution in [2.45, 2.75) is 17.9 Å². The molecule has 1 unspecified atom stereocenters. The van der Waals surface area contributed by atoms with Gasteiger partial charge in [0.25, 0.3) is 0 Å². The summed E-state index contributed by atoms with van der Waals surface area (Å²) in [6.45, 7) is 2.24. The van der Waals surface area contributed by atoms with E-state index in [1.165, 1.54) is 12.1 Å². The molecule has 0 saturated heterocycles. The summed E-state index contributed by atoms with van der Waals surface area (Å²) in [6.07, 6.45) is 0. The van der Waals surface area contributed by atoms with Gasteiger partial charge in [-0.15, -0.1) is 0 Å². The normalized spacial score (nSPS) is 13.3. The molecule has 0 heterocycles. The van der Waals surface area contributed by atoms with Gasteiger partial charge in [0.05, 0.1) is 4.90 Å². The van der Waals surface area contributed by atoms with Gasteiger partial charge in [0.15, 0.2) is 0 Å². The van der Waals surface area contributed by atoms with E-state index < -0.39 is 15.8 Å². The van der Waals surface area contributed by atoms with Gasteiger partial charge in [-0.25, -0.2) is 17.5 Å². The quantitative estimate of drug-likeness (QED) is 0.882. The predicted molar refractivity (Wildman–Crippen MR) is 89.2 cm³/mol. The van der Waals surface area contributed by atoms with Crippen molar-refractivity contribution in [1.82, 2.24) is 9.62 Å². The largest absolute Gasteiger partial charge is 0.301 e. The zero-order valence-corrected chi connectivity index (χ0v) is 14.3. The van der Waals surface area contributed by atoms with E-state index in [-0.39, 0.29) is 17.5 Å². The molecule has 23 heavy (non-hydrogen) atoms. The average Bonchev–Trinajstić information content (AvgIpc) is 2.49. The van der Waals surface area contributed by atoms with E-state index in [0.29, 0.717) is 0 Å². The Kier molecular flexibility index (Phi) is 5.51. The molecule has 4 nitrogen and oxygen atoms in total. The van der Waals surface area contributed by atoms with Crippen LogP contribution in [0.3, 0.4) is 0 Å². The maximum atomic E-state index is 12.9. The Morgan fingerprint density at radius 2 is 1.61 bits per heavy atom. The number of likely N-dealkylation sites (N-methyl/N-ethyl adjacent to an activating group) is 1. The number of rotatable bonds is 6. The number of halogens is 1. The van der Waals surface area contributed by atoms with Crippen LogP contribution in [0.25, 0.3) is 0 Å². The van der Waals surface area contributed by atoms with Crippen molar-refractivity contribution in [2.24, 2.45) is 0 Å². The second-order valence-corrected chi connectivity index (χ2v) is 7.46. The number of nitrogens with zero attached hydrogens (tertiary/aromatic N) is 1. The van der Waals surface area contributed by atoms with E-state index >= 15 is 0 Å². The average molecular weight is 336 g/mol. The highest BCUT2D eigenvalue weighted by molar-refractivity contribution is 7.89. The molecule has 0 radical (unpaired) electrons. The number of hydrogen-bond donors (Lipinski definition) is 1. The van der Waals surface area contributed by atoms with E-state index in [1.807, 2.05) is 50.2 Å². The van der Waals surface area contributed by atoms with Gasteiger partial charge < -0.3 is 4.90 Å². The number of aryl methyl sites for hydroxylation is 1. The molecule has 0 aromatic heterocycles. The molecular weight excluding hydrogens is 315 g/mol. The van der Waals surface area contributed by atoms with Crippen LogP contribution in [0.2, 0.25) is 0 Å². The summed E-state index contributed by atoms with van der Waals surface area (Å²) in [5.41, 5.74) is 2.18. The lowest BCUT2D eigenvalue weighted by Crippen LogP contribution is -2.34. The van der Waals surface area contributed by atoms with Gasteiger partial charge in [0.1, 0.15) is 5.82 Å². The molecule has 0 aliphatic heterocycles. The Labute approximate surface area is 137 Å².